The van der Waals surface area contributed by atoms with Gasteiger partial charge < -0.3 is 18.9 Å². The van der Waals surface area contributed by atoms with Crippen LogP contribution in [0.2, 0.25) is 0 Å². The summed E-state index contributed by atoms with van der Waals surface area (Å²) in [5.41, 5.74) is 13.1. The van der Waals surface area contributed by atoms with Crippen LogP contribution in [0.5, 0.6) is 0 Å². The zero-order chi connectivity index (χ0) is 37.1. The molecule has 262 valence electrons. The molecule has 1 saturated heterocycles. The highest BCUT2D eigenvalue weighted by Crippen LogP contribution is 2.44. The van der Waals surface area contributed by atoms with Crippen molar-refractivity contribution in [1.82, 2.24) is 14.5 Å². The second kappa shape index (κ2) is 13.1. The maximum Gasteiger partial charge on any atom is 0.144 e. The molecule has 1 aliphatic heterocycles. The van der Waals surface area contributed by atoms with E-state index in [1.54, 1.807) is 6.08 Å². The van der Waals surface area contributed by atoms with Crippen LogP contribution >= 0.6 is 0 Å². The van der Waals surface area contributed by atoms with Gasteiger partial charge in [-0.1, -0.05) is 97.7 Å². The van der Waals surface area contributed by atoms with Gasteiger partial charge in [-0.15, -0.1) is 0 Å². The lowest BCUT2D eigenvalue weighted by atomic mass is 9.87. The fourth-order valence-corrected chi connectivity index (χ4v) is 8.31. The summed E-state index contributed by atoms with van der Waals surface area (Å²) < 4.78 is 11.3. The molecular formula is C49H40N4O. The first-order valence-electron chi connectivity index (χ1n) is 18.5. The molecule has 0 unspecified atom stereocenters. The van der Waals surface area contributed by atoms with Crippen LogP contribution in [0.3, 0.4) is 0 Å². The monoisotopic (exact) mass is 700 g/mol. The van der Waals surface area contributed by atoms with Gasteiger partial charge in [-0.05, 0) is 80.4 Å². The molecule has 4 heterocycles. The molecule has 0 amide bonds. The summed E-state index contributed by atoms with van der Waals surface area (Å²) >= 11 is 0. The molecule has 0 bridgehead atoms. The van der Waals surface area contributed by atoms with E-state index in [9.17, 15) is 5.26 Å². The van der Waals surface area contributed by atoms with Gasteiger partial charge in [0.25, 0.3) is 0 Å². The van der Waals surface area contributed by atoms with E-state index in [4.69, 9.17) is 4.42 Å². The van der Waals surface area contributed by atoms with E-state index >= 15 is 0 Å². The van der Waals surface area contributed by atoms with Gasteiger partial charge in [0, 0.05) is 51.7 Å². The van der Waals surface area contributed by atoms with Gasteiger partial charge in [0.15, 0.2) is 0 Å². The number of nitrogens with zero attached hydrogens (tertiary/aromatic N) is 3. The molecule has 54 heavy (non-hydrogen) atoms. The molecule has 0 atom stereocenters. The summed E-state index contributed by atoms with van der Waals surface area (Å²) in [6.07, 6.45) is 12.0. The number of nitriles is 1. The lowest BCUT2D eigenvalue weighted by Gasteiger charge is -2.31. The Hall–Kier alpha value is -6.61. The van der Waals surface area contributed by atoms with E-state index < -0.39 is 0 Å². The highest BCUT2D eigenvalue weighted by molar-refractivity contribution is 6.21. The molecule has 5 aromatic carbocycles. The fourth-order valence-electron chi connectivity index (χ4n) is 8.31. The van der Waals surface area contributed by atoms with E-state index in [2.05, 4.69) is 150 Å². The molecule has 1 N–H and O–H groups in total. The third kappa shape index (κ3) is 5.10. The average Bonchev–Trinajstić information content (AvgIpc) is 3.79. The van der Waals surface area contributed by atoms with Gasteiger partial charge in [-0.2, -0.15) is 5.26 Å². The molecule has 1 fully saturated rings. The number of hydrogen-bond donors (Lipinski definition) is 1. The average molecular weight is 701 g/mol. The molecule has 0 aliphatic carbocycles. The molecular weight excluding hydrogens is 661 g/mol. The van der Waals surface area contributed by atoms with Crippen LogP contribution in [-0.4, -0.2) is 22.2 Å². The first kappa shape index (κ1) is 33.2. The van der Waals surface area contributed by atoms with Crippen molar-refractivity contribution in [3.8, 4) is 17.4 Å². The SMILES string of the molecule is C=C/C=C\c1c(C)oc2c1ccc1c2c2cc(/C(C)=C/C=C\C(=C)C)ccc2n1-c1ccc(-n2c3ccccc3c3ccccc32)c(C#N)c1C1CNC1. The topological polar surface area (TPSA) is 58.8 Å². The number of aryl methyl sites for hydroxylation is 1. The summed E-state index contributed by atoms with van der Waals surface area (Å²) in [7, 11) is 0. The number of fused-ring (bicyclic) bond motifs is 8. The predicted molar refractivity (Wildman–Crippen MR) is 227 cm³/mol. The summed E-state index contributed by atoms with van der Waals surface area (Å²) in [6.45, 7) is 15.7. The van der Waals surface area contributed by atoms with E-state index in [-0.39, 0.29) is 5.92 Å². The van der Waals surface area contributed by atoms with Gasteiger partial charge in [-0.25, -0.2) is 0 Å². The number of benzene rings is 5. The minimum absolute atomic E-state index is 0.171. The molecule has 5 nitrogen and oxygen atoms in total. The number of rotatable bonds is 8. The number of para-hydroxylation sites is 2. The maximum atomic E-state index is 11.2. The Labute approximate surface area is 314 Å². The van der Waals surface area contributed by atoms with Gasteiger partial charge in [0.2, 0.25) is 0 Å². The van der Waals surface area contributed by atoms with Gasteiger partial charge >= 0.3 is 0 Å². The predicted octanol–water partition coefficient (Wildman–Crippen LogP) is 12.2. The zero-order valence-electron chi connectivity index (χ0n) is 30.8. The summed E-state index contributed by atoms with van der Waals surface area (Å²) in [4.78, 5) is 0. The van der Waals surface area contributed by atoms with Crippen molar-refractivity contribution in [3.63, 3.8) is 0 Å². The van der Waals surface area contributed by atoms with Gasteiger partial charge in [0.1, 0.15) is 17.4 Å². The summed E-state index contributed by atoms with van der Waals surface area (Å²) in [6, 6.07) is 35.1. The highest BCUT2D eigenvalue weighted by Gasteiger charge is 2.30. The van der Waals surface area contributed by atoms with Crippen molar-refractivity contribution in [1.29, 1.82) is 5.26 Å². The van der Waals surface area contributed by atoms with Crippen LogP contribution in [-0.2, 0) is 0 Å². The van der Waals surface area contributed by atoms with Crippen LogP contribution in [0.4, 0.5) is 0 Å². The molecule has 0 spiro atoms. The molecule has 1 aliphatic rings. The normalized spacial score (nSPS) is 14.0. The van der Waals surface area contributed by atoms with Crippen molar-refractivity contribution in [3.05, 3.63) is 168 Å². The Morgan fingerprint density at radius 1 is 0.815 bits per heavy atom. The second-order valence-electron chi connectivity index (χ2n) is 14.4. The third-order valence-electron chi connectivity index (χ3n) is 11.0. The Balaban J connectivity index is 1.37. The Morgan fingerprint density at radius 2 is 1.48 bits per heavy atom. The molecule has 9 rings (SSSR count). The molecule has 3 aromatic heterocycles. The van der Waals surface area contributed by atoms with Crippen molar-refractivity contribution >= 4 is 66.2 Å². The minimum Gasteiger partial charge on any atom is -0.460 e. The fraction of sp³-hybridized carbons (Fsp3) is 0.122. The Bertz CT molecular complexity index is 2950. The minimum atomic E-state index is 0.171. The van der Waals surface area contributed by atoms with E-state index in [1.165, 1.54) is 10.8 Å². The van der Waals surface area contributed by atoms with Crippen LogP contribution in [0, 0.1) is 18.3 Å². The lowest BCUT2D eigenvalue weighted by molar-refractivity contribution is 0.447. The van der Waals surface area contributed by atoms with Crippen molar-refractivity contribution in [2.45, 2.75) is 26.7 Å². The smallest absolute Gasteiger partial charge is 0.144 e. The molecule has 5 heteroatoms. The van der Waals surface area contributed by atoms with Crippen LogP contribution < -0.4 is 5.32 Å². The van der Waals surface area contributed by atoms with E-state index in [1.807, 2.05) is 26.0 Å². The van der Waals surface area contributed by atoms with E-state index in [0.29, 0.717) is 5.56 Å². The Kier molecular flexibility index (Phi) is 8.07. The largest absolute Gasteiger partial charge is 0.460 e. The summed E-state index contributed by atoms with van der Waals surface area (Å²) in [5, 5.41) is 20.2. The molecule has 8 aromatic rings. The quantitative estimate of drug-likeness (QED) is 0.161. The lowest BCUT2D eigenvalue weighted by Crippen LogP contribution is -2.41. The van der Waals surface area contributed by atoms with Crippen LogP contribution in [0.1, 0.15) is 47.8 Å². The molecule has 0 saturated carbocycles. The first-order chi connectivity index (χ1) is 26.4. The van der Waals surface area contributed by atoms with Crippen molar-refractivity contribution in [2.24, 2.45) is 0 Å². The maximum absolute atomic E-state index is 11.2. The van der Waals surface area contributed by atoms with Crippen molar-refractivity contribution < 1.29 is 4.42 Å². The number of allylic oxidation sites excluding steroid dienone is 7. The third-order valence-corrected chi connectivity index (χ3v) is 11.0. The standard InChI is InChI=1S/C49H40N4O/c1-6-7-15-35-32(5)54-49-38(35)21-23-46-48(49)39-26-33(31(4)14-12-13-30(2)3)20-22-43(39)53(46)45-25-24-44(40(27-50)47(45)34-28-51-29-34)52-41-18-10-8-16-36(41)37-17-9-11-19-42(37)52/h6-26,34,51H,1-2,28-29H2,3-5H3/b13-12-,15-7-,31-14+. The van der Waals surface area contributed by atoms with Crippen molar-refractivity contribution in [2.75, 3.05) is 13.1 Å². The number of furan rings is 1. The summed E-state index contributed by atoms with van der Waals surface area (Å²) in [5.74, 6) is 1.03. The number of nitrogens with one attached hydrogen (secondary N) is 1. The van der Waals surface area contributed by atoms with Gasteiger partial charge in [-0.3, -0.25) is 0 Å². The van der Waals surface area contributed by atoms with E-state index in [0.717, 1.165) is 102 Å². The Morgan fingerprint density at radius 3 is 2.15 bits per heavy atom. The first-order valence-corrected chi connectivity index (χ1v) is 18.5. The van der Waals surface area contributed by atoms with Gasteiger partial charge in [0.05, 0.1) is 44.4 Å². The zero-order valence-corrected chi connectivity index (χ0v) is 30.8. The number of aromatic nitrogens is 2. The van der Waals surface area contributed by atoms with Crippen LogP contribution in [0.15, 0.2) is 145 Å². The molecule has 0 radical (unpaired) electrons. The second-order valence-corrected chi connectivity index (χ2v) is 14.4. The number of hydrogen-bond acceptors (Lipinski definition) is 3. The highest BCUT2D eigenvalue weighted by atomic mass is 16.3. The van der Waals surface area contributed by atoms with Crippen LogP contribution in [0.25, 0.3) is 77.6 Å².